The molecule has 0 saturated carbocycles. The van der Waals surface area contributed by atoms with Gasteiger partial charge in [-0.05, 0) is 62.1 Å². The van der Waals surface area contributed by atoms with Gasteiger partial charge in [-0.1, -0.05) is 6.07 Å². The van der Waals surface area contributed by atoms with Crippen molar-refractivity contribution in [3.63, 3.8) is 0 Å². The van der Waals surface area contributed by atoms with Gasteiger partial charge in [0.1, 0.15) is 6.04 Å². The Kier molecular flexibility index (Phi) is 4.97. The van der Waals surface area contributed by atoms with Crippen molar-refractivity contribution in [1.82, 2.24) is 10.3 Å². The number of aliphatic carboxylic acids is 1. The maximum Gasteiger partial charge on any atom is 0.325 e. The number of carboxylic acids is 1. The highest BCUT2D eigenvalue weighted by Gasteiger charge is 2.15. The molecule has 1 amide bonds. The molecule has 3 N–H and O–H groups in total. The van der Waals surface area contributed by atoms with Crippen molar-refractivity contribution >= 4 is 17.6 Å². The highest BCUT2D eigenvalue weighted by atomic mass is 16.4. The van der Waals surface area contributed by atoms with Crippen molar-refractivity contribution in [1.29, 1.82) is 0 Å². The molecule has 1 aromatic carbocycles. The minimum atomic E-state index is -1.06. The molecule has 25 heavy (non-hydrogen) atoms. The van der Waals surface area contributed by atoms with Gasteiger partial charge in [0, 0.05) is 16.9 Å². The van der Waals surface area contributed by atoms with Crippen molar-refractivity contribution < 1.29 is 14.7 Å². The third kappa shape index (κ3) is 4.15. The molecule has 6 heteroatoms. The van der Waals surface area contributed by atoms with E-state index in [4.69, 9.17) is 5.11 Å². The van der Waals surface area contributed by atoms with E-state index in [0.29, 0.717) is 12.1 Å². The Bertz CT molecular complexity index is 787. The molecule has 3 rings (SSSR count). The molecule has 1 atom stereocenters. The molecule has 1 aromatic heterocycles. The van der Waals surface area contributed by atoms with Gasteiger partial charge in [-0.25, -0.2) is 0 Å². The van der Waals surface area contributed by atoms with Crippen LogP contribution in [0.4, 0.5) is 5.69 Å². The molecular formula is C19H21N3O3. The molecule has 0 aliphatic heterocycles. The topological polar surface area (TPSA) is 91.3 Å². The third-order valence-corrected chi connectivity index (χ3v) is 4.32. The van der Waals surface area contributed by atoms with Gasteiger partial charge in [0.2, 0.25) is 0 Å². The Morgan fingerprint density at radius 3 is 2.64 bits per heavy atom. The molecule has 0 radical (unpaired) electrons. The fraction of sp³-hybridized carbons (Fsp3) is 0.316. The number of hydrogen-bond acceptors (Lipinski definition) is 4. The van der Waals surface area contributed by atoms with E-state index in [0.717, 1.165) is 24.2 Å². The quantitative estimate of drug-likeness (QED) is 0.752. The standard InChI is InChI=1S/C19H21N3O3/c1-12(19(24)25)21-18(23)14-6-8-15(9-7-14)20-11-16-10-5-13-3-2-4-17(13)22-16/h5-10,12,20H,2-4,11H2,1H3,(H,21,23)(H,24,25). The Morgan fingerprint density at radius 1 is 1.16 bits per heavy atom. The fourth-order valence-corrected chi connectivity index (χ4v) is 2.84. The van der Waals surface area contributed by atoms with Crippen LogP contribution in [0.1, 0.15) is 40.7 Å². The van der Waals surface area contributed by atoms with Gasteiger partial charge >= 0.3 is 5.97 Å². The zero-order valence-corrected chi connectivity index (χ0v) is 14.1. The number of fused-ring (bicyclic) bond motifs is 1. The number of pyridine rings is 1. The van der Waals surface area contributed by atoms with Gasteiger partial charge in [-0.15, -0.1) is 0 Å². The largest absolute Gasteiger partial charge is 0.480 e. The maximum absolute atomic E-state index is 12.0. The number of hydrogen-bond donors (Lipinski definition) is 3. The minimum absolute atomic E-state index is 0.401. The van der Waals surface area contributed by atoms with Crippen molar-refractivity contribution in [2.75, 3.05) is 5.32 Å². The Labute approximate surface area is 146 Å². The molecule has 0 bridgehead atoms. The lowest BCUT2D eigenvalue weighted by Gasteiger charge is -2.10. The van der Waals surface area contributed by atoms with Crippen molar-refractivity contribution in [2.45, 2.75) is 38.8 Å². The predicted octanol–water partition coefficient (Wildman–Crippen LogP) is 2.39. The fourth-order valence-electron chi connectivity index (χ4n) is 2.84. The first-order valence-corrected chi connectivity index (χ1v) is 8.38. The normalized spacial score (nSPS) is 13.8. The number of carboxylic acid groups (broad SMARTS) is 1. The first kappa shape index (κ1) is 17.0. The first-order valence-electron chi connectivity index (χ1n) is 8.38. The Morgan fingerprint density at radius 2 is 1.92 bits per heavy atom. The number of nitrogens with zero attached hydrogens (tertiary/aromatic N) is 1. The van der Waals surface area contributed by atoms with Crippen molar-refractivity contribution in [3.8, 4) is 0 Å². The number of nitrogens with one attached hydrogen (secondary N) is 2. The summed E-state index contributed by atoms with van der Waals surface area (Å²) in [6, 6.07) is 10.2. The summed E-state index contributed by atoms with van der Waals surface area (Å²) in [4.78, 5) is 27.4. The van der Waals surface area contributed by atoms with E-state index in [2.05, 4.69) is 21.7 Å². The summed E-state index contributed by atoms with van der Waals surface area (Å²) in [5.41, 5.74) is 4.87. The predicted molar refractivity (Wildman–Crippen MR) is 94.6 cm³/mol. The molecule has 1 unspecified atom stereocenters. The molecule has 1 aliphatic carbocycles. The van der Waals surface area contributed by atoms with E-state index >= 15 is 0 Å². The summed E-state index contributed by atoms with van der Waals surface area (Å²) >= 11 is 0. The van der Waals surface area contributed by atoms with E-state index in [1.165, 1.54) is 24.6 Å². The van der Waals surface area contributed by atoms with Gasteiger partial charge in [-0.2, -0.15) is 0 Å². The summed E-state index contributed by atoms with van der Waals surface area (Å²) < 4.78 is 0. The number of amides is 1. The molecule has 0 fully saturated rings. The lowest BCUT2D eigenvalue weighted by Crippen LogP contribution is -2.38. The zero-order valence-electron chi connectivity index (χ0n) is 14.1. The van der Waals surface area contributed by atoms with Crippen LogP contribution < -0.4 is 10.6 Å². The van der Waals surface area contributed by atoms with Crippen LogP contribution in [0.5, 0.6) is 0 Å². The smallest absolute Gasteiger partial charge is 0.325 e. The monoisotopic (exact) mass is 339 g/mol. The first-order chi connectivity index (χ1) is 12.0. The summed E-state index contributed by atoms with van der Waals surface area (Å²) in [7, 11) is 0. The number of benzene rings is 1. The highest BCUT2D eigenvalue weighted by Crippen LogP contribution is 2.20. The third-order valence-electron chi connectivity index (χ3n) is 4.32. The van der Waals surface area contributed by atoms with Crippen LogP contribution >= 0.6 is 0 Å². The average molecular weight is 339 g/mol. The Balaban J connectivity index is 1.57. The van der Waals surface area contributed by atoms with Gasteiger partial charge in [0.25, 0.3) is 5.91 Å². The van der Waals surface area contributed by atoms with Gasteiger partial charge in [0.05, 0.1) is 12.2 Å². The van der Waals surface area contributed by atoms with Crippen molar-refractivity contribution in [3.05, 3.63) is 58.9 Å². The number of aromatic nitrogens is 1. The lowest BCUT2D eigenvalue weighted by molar-refractivity contribution is -0.138. The molecule has 2 aromatic rings. The number of carbonyl (C=O) groups is 2. The SMILES string of the molecule is CC(NC(=O)c1ccc(NCc2ccc3c(n2)CCC3)cc1)C(=O)O. The molecule has 6 nitrogen and oxygen atoms in total. The van der Waals surface area contributed by atoms with E-state index in [1.807, 2.05) is 6.07 Å². The number of carbonyl (C=O) groups excluding carboxylic acids is 1. The highest BCUT2D eigenvalue weighted by molar-refractivity contribution is 5.96. The van der Waals surface area contributed by atoms with Gasteiger partial charge in [0.15, 0.2) is 0 Å². The number of anilines is 1. The van der Waals surface area contributed by atoms with Crippen LogP contribution in [0.2, 0.25) is 0 Å². The molecular weight excluding hydrogens is 318 g/mol. The van der Waals surface area contributed by atoms with E-state index in [1.54, 1.807) is 24.3 Å². The second-order valence-corrected chi connectivity index (χ2v) is 6.23. The summed E-state index contributed by atoms with van der Waals surface area (Å²) in [6.07, 6.45) is 3.37. The maximum atomic E-state index is 12.0. The van der Waals surface area contributed by atoms with Crippen LogP contribution in [-0.4, -0.2) is 28.0 Å². The van der Waals surface area contributed by atoms with E-state index in [9.17, 15) is 9.59 Å². The second kappa shape index (κ2) is 7.34. The van der Waals surface area contributed by atoms with Crippen LogP contribution in [0.3, 0.4) is 0 Å². The Hall–Kier alpha value is -2.89. The van der Waals surface area contributed by atoms with Crippen molar-refractivity contribution in [2.24, 2.45) is 0 Å². The van der Waals surface area contributed by atoms with Crippen LogP contribution in [0.25, 0.3) is 0 Å². The lowest BCUT2D eigenvalue weighted by atomic mass is 10.1. The minimum Gasteiger partial charge on any atom is -0.480 e. The summed E-state index contributed by atoms with van der Waals surface area (Å²) in [6.45, 7) is 2.05. The number of rotatable bonds is 6. The molecule has 1 aliphatic rings. The average Bonchev–Trinajstić information content (AvgIpc) is 3.08. The summed E-state index contributed by atoms with van der Waals surface area (Å²) in [5.74, 6) is -1.46. The van der Waals surface area contributed by atoms with Gasteiger partial charge < -0.3 is 15.7 Å². The van der Waals surface area contributed by atoms with E-state index in [-0.39, 0.29) is 0 Å². The van der Waals surface area contributed by atoms with Crippen LogP contribution in [0, 0.1) is 0 Å². The molecule has 0 spiro atoms. The second-order valence-electron chi connectivity index (χ2n) is 6.23. The molecule has 130 valence electrons. The molecule has 1 heterocycles. The zero-order chi connectivity index (χ0) is 17.8. The van der Waals surface area contributed by atoms with Crippen LogP contribution in [-0.2, 0) is 24.2 Å². The summed E-state index contributed by atoms with van der Waals surface area (Å²) in [5, 5.41) is 14.5. The van der Waals surface area contributed by atoms with Gasteiger partial charge in [-0.3, -0.25) is 14.6 Å². The van der Waals surface area contributed by atoms with E-state index < -0.39 is 17.9 Å². The number of aryl methyl sites for hydroxylation is 2. The molecule has 0 saturated heterocycles. The van der Waals surface area contributed by atoms with Crippen LogP contribution in [0.15, 0.2) is 36.4 Å².